The molecule has 2 heterocycles. The van der Waals surface area contributed by atoms with E-state index in [0.29, 0.717) is 12.3 Å². The van der Waals surface area contributed by atoms with Crippen LogP contribution in [-0.2, 0) is 6.42 Å². The number of anilines is 1. The van der Waals surface area contributed by atoms with Gasteiger partial charge in [-0.1, -0.05) is 19.1 Å². The van der Waals surface area contributed by atoms with Crippen LogP contribution in [0.5, 0.6) is 5.75 Å². The van der Waals surface area contributed by atoms with Crippen molar-refractivity contribution >= 4 is 11.6 Å². The van der Waals surface area contributed by atoms with E-state index in [9.17, 15) is 4.79 Å². The summed E-state index contributed by atoms with van der Waals surface area (Å²) in [4.78, 5) is 16.5. The SMILES string of the molecule is CCc1ccc(C(=O)N(C)CC2CN(CC)c3ccccc3O2)o1. The fraction of sp³-hybridized carbons (Fsp3) is 0.421. The lowest BCUT2D eigenvalue weighted by atomic mass is 10.2. The molecule has 0 fully saturated rings. The van der Waals surface area contributed by atoms with Crippen LogP contribution >= 0.6 is 0 Å². The lowest BCUT2D eigenvalue weighted by molar-refractivity contribution is 0.0678. The molecule has 24 heavy (non-hydrogen) atoms. The van der Waals surface area contributed by atoms with E-state index in [1.165, 1.54) is 0 Å². The molecule has 1 aromatic carbocycles. The second-order valence-corrected chi connectivity index (χ2v) is 6.05. The average molecular weight is 328 g/mol. The first-order valence-electron chi connectivity index (χ1n) is 8.47. The van der Waals surface area contributed by atoms with Crippen molar-refractivity contribution in [2.45, 2.75) is 26.4 Å². The van der Waals surface area contributed by atoms with Gasteiger partial charge in [0.25, 0.3) is 5.91 Å². The van der Waals surface area contributed by atoms with Crippen LogP contribution < -0.4 is 9.64 Å². The number of para-hydroxylation sites is 2. The van der Waals surface area contributed by atoms with Crippen molar-refractivity contribution < 1.29 is 13.9 Å². The molecule has 1 atom stereocenters. The molecule has 0 aliphatic carbocycles. The smallest absolute Gasteiger partial charge is 0.289 e. The molecule has 0 saturated heterocycles. The summed E-state index contributed by atoms with van der Waals surface area (Å²) in [6, 6.07) is 11.6. The Balaban J connectivity index is 1.68. The standard InChI is InChI=1S/C19H24N2O3/c1-4-14-10-11-18(23-14)19(22)20(3)12-15-13-21(5-2)16-8-6-7-9-17(16)24-15/h6-11,15H,4-5,12-13H2,1-3H3. The maximum Gasteiger partial charge on any atom is 0.289 e. The highest BCUT2D eigenvalue weighted by atomic mass is 16.5. The number of carbonyl (C=O) groups excluding carboxylic acids is 1. The van der Waals surface area contributed by atoms with Crippen LogP contribution in [0.4, 0.5) is 5.69 Å². The van der Waals surface area contributed by atoms with Gasteiger partial charge in [-0.25, -0.2) is 0 Å². The van der Waals surface area contributed by atoms with E-state index < -0.39 is 0 Å². The van der Waals surface area contributed by atoms with Gasteiger partial charge in [-0.3, -0.25) is 4.79 Å². The number of furan rings is 1. The number of hydrogen-bond donors (Lipinski definition) is 0. The molecule has 5 heteroatoms. The normalized spacial score (nSPS) is 16.5. The number of carbonyl (C=O) groups is 1. The van der Waals surface area contributed by atoms with Crippen LogP contribution in [0.25, 0.3) is 0 Å². The van der Waals surface area contributed by atoms with Crippen LogP contribution in [-0.4, -0.2) is 43.6 Å². The zero-order chi connectivity index (χ0) is 17.1. The Morgan fingerprint density at radius 1 is 1.25 bits per heavy atom. The van der Waals surface area contributed by atoms with Gasteiger partial charge < -0.3 is 19.0 Å². The Morgan fingerprint density at radius 2 is 2.04 bits per heavy atom. The highest BCUT2D eigenvalue weighted by Crippen LogP contribution is 2.32. The van der Waals surface area contributed by atoms with Crippen molar-refractivity contribution in [3.8, 4) is 5.75 Å². The summed E-state index contributed by atoms with van der Waals surface area (Å²) in [6.45, 7) is 6.33. The number of aryl methyl sites for hydroxylation is 1. The lowest BCUT2D eigenvalue weighted by Crippen LogP contribution is -2.46. The van der Waals surface area contributed by atoms with E-state index >= 15 is 0 Å². The quantitative estimate of drug-likeness (QED) is 0.845. The third-order valence-electron chi connectivity index (χ3n) is 4.35. The number of benzene rings is 1. The van der Waals surface area contributed by atoms with Gasteiger partial charge in [-0.15, -0.1) is 0 Å². The predicted octanol–water partition coefficient (Wildman–Crippen LogP) is 3.20. The first kappa shape index (κ1) is 16.4. The zero-order valence-electron chi connectivity index (χ0n) is 14.5. The number of amides is 1. The molecule has 3 rings (SSSR count). The molecule has 128 valence electrons. The van der Waals surface area contributed by atoms with Crippen LogP contribution in [0.1, 0.15) is 30.2 Å². The van der Waals surface area contributed by atoms with Crippen LogP contribution in [0.15, 0.2) is 40.8 Å². The van der Waals surface area contributed by atoms with E-state index in [4.69, 9.17) is 9.15 Å². The van der Waals surface area contributed by atoms with Gasteiger partial charge in [0.1, 0.15) is 17.6 Å². The Bertz CT molecular complexity index is 710. The monoisotopic (exact) mass is 328 g/mol. The van der Waals surface area contributed by atoms with Gasteiger partial charge in [0.15, 0.2) is 5.76 Å². The molecule has 0 bridgehead atoms. The van der Waals surface area contributed by atoms with Crippen molar-refractivity contribution in [3.63, 3.8) is 0 Å². The number of ether oxygens (including phenoxy) is 1. The molecule has 2 aromatic rings. The maximum absolute atomic E-state index is 12.5. The molecule has 0 saturated carbocycles. The van der Waals surface area contributed by atoms with Crippen molar-refractivity contribution in [1.29, 1.82) is 0 Å². The molecule has 0 radical (unpaired) electrons. The summed E-state index contributed by atoms with van der Waals surface area (Å²) in [6.07, 6.45) is 0.722. The number of fused-ring (bicyclic) bond motifs is 1. The van der Waals surface area contributed by atoms with Gasteiger partial charge in [-0.2, -0.15) is 0 Å². The Hall–Kier alpha value is -2.43. The minimum atomic E-state index is -0.111. The topological polar surface area (TPSA) is 45.9 Å². The summed E-state index contributed by atoms with van der Waals surface area (Å²) in [7, 11) is 1.79. The predicted molar refractivity (Wildman–Crippen MR) is 93.8 cm³/mol. The first-order chi connectivity index (χ1) is 11.6. The van der Waals surface area contributed by atoms with E-state index in [0.717, 1.165) is 36.7 Å². The van der Waals surface area contributed by atoms with Gasteiger partial charge in [-0.05, 0) is 31.2 Å². The fourth-order valence-electron chi connectivity index (χ4n) is 3.03. The van der Waals surface area contributed by atoms with Crippen molar-refractivity contribution in [2.75, 3.05) is 31.6 Å². The fourth-order valence-corrected chi connectivity index (χ4v) is 3.03. The molecule has 1 aliphatic heterocycles. The summed E-state index contributed by atoms with van der Waals surface area (Å²) < 4.78 is 11.6. The molecule has 0 spiro atoms. The first-order valence-corrected chi connectivity index (χ1v) is 8.47. The van der Waals surface area contributed by atoms with Gasteiger partial charge in [0.2, 0.25) is 0 Å². The molecular weight excluding hydrogens is 304 g/mol. The third-order valence-corrected chi connectivity index (χ3v) is 4.35. The molecule has 5 nitrogen and oxygen atoms in total. The van der Waals surface area contributed by atoms with Gasteiger partial charge >= 0.3 is 0 Å². The molecule has 1 aromatic heterocycles. The van der Waals surface area contributed by atoms with E-state index in [2.05, 4.69) is 17.9 Å². The van der Waals surface area contributed by atoms with Crippen molar-refractivity contribution in [1.82, 2.24) is 4.90 Å². The Labute approximate surface area is 142 Å². The minimum Gasteiger partial charge on any atom is -0.485 e. The Kier molecular flexibility index (Phi) is 4.79. The Morgan fingerprint density at radius 3 is 2.75 bits per heavy atom. The third kappa shape index (κ3) is 3.25. The molecule has 0 N–H and O–H groups in total. The average Bonchev–Trinajstić information content (AvgIpc) is 3.09. The molecular formula is C19H24N2O3. The van der Waals surface area contributed by atoms with Crippen molar-refractivity contribution in [3.05, 3.63) is 47.9 Å². The highest BCUT2D eigenvalue weighted by molar-refractivity contribution is 5.91. The molecule has 1 aliphatic rings. The van der Waals surface area contributed by atoms with Crippen LogP contribution in [0.2, 0.25) is 0 Å². The van der Waals surface area contributed by atoms with E-state index in [1.54, 1.807) is 18.0 Å². The van der Waals surface area contributed by atoms with Crippen molar-refractivity contribution in [2.24, 2.45) is 0 Å². The highest BCUT2D eigenvalue weighted by Gasteiger charge is 2.27. The minimum absolute atomic E-state index is 0.0607. The van der Waals surface area contributed by atoms with Gasteiger partial charge in [0.05, 0.1) is 18.8 Å². The number of nitrogens with zero attached hydrogens (tertiary/aromatic N) is 2. The summed E-state index contributed by atoms with van der Waals surface area (Å²) >= 11 is 0. The van der Waals surface area contributed by atoms with E-state index in [1.807, 2.05) is 31.2 Å². The number of hydrogen-bond acceptors (Lipinski definition) is 4. The zero-order valence-corrected chi connectivity index (χ0v) is 14.5. The summed E-state index contributed by atoms with van der Waals surface area (Å²) in [5.41, 5.74) is 1.11. The second-order valence-electron chi connectivity index (χ2n) is 6.05. The largest absolute Gasteiger partial charge is 0.485 e. The maximum atomic E-state index is 12.5. The number of rotatable bonds is 5. The summed E-state index contributed by atoms with van der Waals surface area (Å²) in [5, 5.41) is 0. The number of likely N-dealkylation sites (N-methyl/N-ethyl adjacent to an activating group) is 2. The molecule has 1 unspecified atom stereocenters. The van der Waals surface area contributed by atoms with Crippen LogP contribution in [0.3, 0.4) is 0 Å². The lowest BCUT2D eigenvalue weighted by Gasteiger charge is -2.37. The second kappa shape index (κ2) is 6.99. The van der Waals surface area contributed by atoms with Gasteiger partial charge in [0, 0.05) is 20.0 Å². The summed E-state index contributed by atoms with van der Waals surface area (Å²) in [5.74, 6) is 1.98. The molecule has 1 amide bonds. The van der Waals surface area contributed by atoms with E-state index in [-0.39, 0.29) is 12.0 Å². The van der Waals surface area contributed by atoms with Crippen LogP contribution in [0, 0.1) is 0 Å².